The molecule has 2 atom stereocenters. The van der Waals surface area contributed by atoms with E-state index in [1.54, 1.807) is 17.8 Å². The summed E-state index contributed by atoms with van der Waals surface area (Å²) in [5, 5.41) is 3.96. The lowest BCUT2D eigenvalue weighted by Gasteiger charge is -2.16. The van der Waals surface area contributed by atoms with Gasteiger partial charge >= 0.3 is 0 Å². The number of thioether (sulfide) groups is 1. The predicted molar refractivity (Wildman–Crippen MR) is 88.0 cm³/mol. The zero-order chi connectivity index (χ0) is 15.4. The largest absolute Gasteiger partial charge is 0.364 e. The summed E-state index contributed by atoms with van der Waals surface area (Å²) >= 11 is 7.72. The lowest BCUT2D eigenvalue weighted by Crippen LogP contribution is -2.30. The fourth-order valence-corrected chi connectivity index (χ4v) is 3.31. The number of rotatable bonds is 5. The number of carbonyl (C=O) groups excluding carboxylic acids is 1. The maximum Gasteiger partial charge on any atom is 0.253 e. The number of ether oxygens (including phenoxy) is 1. The van der Waals surface area contributed by atoms with Crippen LogP contribution >= 0.6 is 23.4 Å². The molecule has 1 aliphatic heterocycles. The van der Waals surface area contributed by atoms with Crippen LogP contribution in [0.25, 0.3) is 0 Å². The van der Waals surface area contributed by atoms with Crippen molar-refractivity contribution in [2.24, 2.45) is 5.73 Å². The van der Waals surface area contributed by atoms with Crippen LogP contribution in [-0.2, 0) is 9.53 Å². The van der Waals surface area contributed by atoms with Crippen molar-refractivity contribution >= 4 is 35.0 Å². The molecule has 1 fully saturated rings. The van der Waals surface area contributed by atoms with Gasteiger partial charge in [-0.2, -0.15) is 0 Å². The second-order valence-corrected chi connectivity index (χ2v) is 7.41. The van der Waals surface area contributed by atoms with Crippen molar-refractivity contribution in [1.29, 1.82) is 0 Å². The Balaban J connectivity index is 2.07. The standard InChI is InChI=1S/C15H21ClN2O2S/c1-9(2)21-14-6-3-10(16)7-12(14)18-15(19)13-5-4-11(8-17)20-13/h3,6-7,9,11,13H,4-5,8,17H2,1-2H3,(H,18,19)/t11-,13+/m1/s1. The molecule has 1 aromatic carbocycles. The average molecular weight is 329 g/mol. The summed E-state index contributed by atoms with van der Waals surface area (Å²) in [7, 11) is 0. The van der Waals surface area contributed by atoms with Crippen molar-refractivity contribution in [2.75, 3.05) is 11.9 Å². The molecule has 21 heavy (non-hydrogen) atoms. The minimum atomic E-state index is -0.422. The topological polar surface area (TPSA) is 64.4 Å². The Morgan fingerprint density at radius 3 is 2.90 bits per heavy atom. The molecule has 1 aromatic rings. The monoisotopic (exact) mass is 328 g/mol. The van der Waals surface area contributed by atoms with E-state index >= 15 is 0 Å². The molecule has 0 saturated carbocycles. The number of nitrogens with two attached hydrogens (primary N) is 1. The highest BCUT2D eigenvalue weighted by atomic mass is 35.5. The first-order chi connectivity index (χ1) is 9.99. The predicted octanol–water partition coefficient (Wildman–Crippen LogP) is 3.29. The van der Waals surface area contributed by atoms with Crippen LogP contribution in [0.2, 0.25) is 5.02 Å². The highest BCUT2D eigenvalue weighted by Gasteiger charge is 2.30. The van der Waals surface area contributed by atoms with Crippen LogP contribution in [0.1, 0.15) is 26.7 Å². The van der Waals surface area contributed by atoms with Gasteiger partial charge in [-0.1, -0.05) is 25.4 Å². The van der Waals surface area contributed by atoms with E-state index in [1.807, 2.05) is 12.1 Å². The van der Waals surface area contributed by atoms with Crippen molar-refractivity contribution in [3.05, 3.63) is 23.2 Å². The van der Waals surface area contributed by atoms with Crippen molar-refractivity contribution < 1.29 is 9.53 Å². The first kappa shape index (κ1) is 16.6. The molecule has 4 nitrogen and oxygen atoms in total. The Bertz CT molecular complexity index is 510. The van der Waals surface area contributed by atoms with E-state index in [0.717, 1.165) is 17.0 Å². The SMILES string of the molecule is CC(C)Sc1ccc(Cl)cc1NC(=O)[C@@H]1CC[C@H](CN)O1. The van der Waals surface area contributed by atoms with Crippen molar-refractivity contribution in [1.82, 2.24) is 0 Å². The summed E-state index contributed by atoms with van der Waals surface area (Å²) in [4.78, 5) is 13.3. The van der Waals surface area contributed by atoms with E-state index in [4.69, 9.17) is 22.1 Å². The third kappa shape index (κ3) is 4.61. The third-order valence-electron chi connectivity index (χ3n) is 3.23. The molecule has 116 valence electrons. The molecule has 0 unspecified atom stereocenters. The summed E-state index contributed by atoms with van der Waals surface area (Å²) < 4.78 is 5.62. The van der Waals surface area contributed by atoms with Gasteiger partial charge in [0.2, 0.25) is 0 Å². The van der Waals surface area contributed by atoms with Gasteiger partial charge in [0.15, 0.2) is 0 Å². The van der Waals surface area contributed by atoms with Gasteiger partial charge in [0.25, 0.3) is 5.91 Å². The average Bonchev–Trinajstić information content (AvgIpc) is 2.90. The van der Waals surface area contributed by atoms with E-state index < -0.39 is 6.10 Å². The molecular formula is C15H21ClN2O2S. The number of hydrogen-bond donors (Lipinski definition) is 2. The highest BCUT2D eigenvalue weighted by Crippen LogP contribution is 2.33. The maximum absolute atomic E-state index is 12.3. The van der Waals surface area contributed by atoms with E-state index in [2.05, 4.69) is 19.2 Å². The smallest absolute Gasteiger partial charge is 0.253 e. The Hall–Kier alpha value is -0.750. The van der Waals surface area contributed by atoms with Crippen molar-refractivity contribution in [3.63, 3.8) is 0 Å². The molecule has 2 rings (SSSR count). The maximum atomic E-state index is 12.3. The van der Waals surface area contributed by atoms with Crippen LogP contribution in [0.15, 0.2) is 23.1 Å². The number of amides is 1. The molecule has 0 radical (unpaired) electrons. The third-order valence-corrected chi connectivity index (χ3v) is 4.54. The summed E-state index contributed by atoms with van der Waals surface area (Å²) in [6, 6.07) is 5.54. The van der Waals surface area contributed by atoms with Gasteiger partial charge in [-0.05, 0) is 31.0 Å². The Labute approximate surface area is 134 Å². The van der Waals surface area contributed by atoms with Crippen LogP contribution in [0, 0.1) is 0 Å². The summed E-state index contributed by atoms with van der Waals surface area (Å²) in [6.07, 6.45) is 1.11. The lowest BCUT2D eigenvalue weighted by atomic mass is 10.2. The second kappa shape index (κ2) is 7.49. The fourth-order valence-electron chi connectivity index (χ4n) is 2.24. The Morgan fingerprint density at radius 1 is 1.52 bits per heavy atom. The summed E-state index contributed by atoms with van der Waals surface area (Å²) in [5.74, 6) is -0.126. The Kier molecular flexibility index (Phi) is 5.93. The number of carbonyl (C=O) groups is 1. The number of anilines is 1. The van der Waals surface area contributed by atoms with Gasteiger partial charge in [0.05, 0.1) is 11.8 Å². The summed E-state index contributed by atoms with van der Waals surface area (Å²) in [6.45, 7) is 4.67. The molecular weight excluding hydrogens is 308 g/mol. The Morgan fingerprint density at radius 2 is 2.29 bits per heavy atom. The van der Waals surface area contributed by atoms with Crippen LogP contribution in [0.3, 0.4) is 0 Å². The quantitative estimate of drug-likeness (QED) is 0.814. The van der Waals surface area contributed by atoms with Gasteiger partial charge < -0.3 is 15.8 Å². The van der Waals surface area contributed by atoms with Gasteiger partial charge in [0.1, 0.15) is 6.10 Å². The van der Waals surface area contributed by atoms with Gasteiger partial charge in [-0.15, -0.1) is 11.8 Å². The fraction of sp³-hybridized carbons (Fsp3) is 0.533. The number of benzene rings is 1. The van der Waals surface area contributed by atoms with E-state index in [-0.39, 0.29) is 12.0 Å². The molecule has 1 saturated heterocycles. The molecule has 1 amide bonds. The van der Waals surface area contributed by atoms with Crippen molar-refractivity contribution in [2.45, 2.75) is 49.0 Å². The van der Waals surface area contributed by atoms with E-state index in [1.165, 1.54) is 0 Å². The van der Waals surface area contributed by atoms with Crippen LogP contribution in [0.5, 0.6) is 0 Å². The number of hydrogen-bond acceptors (Lipinski definition) is 4. The minimum absolute atomic E-state index is 0.00961. The molecule has 1 aliphatic rings. The van der Waals surface area contributed by atoms with Crippen LogP contribution in [-0.4, -0.2) is 29.9 Å². The van der Waals surface area contributed by atoms with Crippen molar-refractivity contribution in [3.8, 4) is 0 Å². The van der Waals surface area contributed by atoms with Gasteiger partial charge in [-0.3, -0.25) is 4.79 Å². The first-order valence-corrected chi connectivity index (χ1v) is 8.38. The lowest BCUT2D eigenvalue weighted by molar-refractivity contribution is -0.126. The molecule has 0 spiro atoms. The van der Waals surface area contributed by atoms with Gasteiger partial charge in [-0.25, -0.2) is 0 Å². The molecule has 0 aromatic heterocycles. The molecule has 1 heterocycles. The normalized spacial score (nSPS) is 21.8. The van der Waals surface area contributed by atoms with E-state index in [9.17, 15) is 4.79 Å². The second-order valence-electron chi connectivity index (χ2n) is 5.36. The molecule has 6 heteroatoms. The molecule has 0 aliphatic carbocycles. The number of nitrogens with one attached hydrogen (secondary N) is 1. The zero-order valence-electron chi connectivity index (χ0n) is 12.3. The van der Waals surface area contributed by atoms with Crippen LogP contribution < -0.4 is 11.1 Å². The molecule has 0 bridgehead atoms. The number of halogens is 1. The van der Waals surface area contributed by atoms with Crippen LogP contribution in [0.4, 0.5) is 5.69 Å². The summed E-state index contributed by atoms with van der Waals surface area (Å²) in [5.41, 5.74) is 6.31. The highest BCUT2D eigenvalue weighted by molar-refractivity contribution is 8.00. The van der Waals surface area contributed by atoms with E-state index in [0.29, 0.717) is 23.2 Å². The van der Waals surface area contributed by atoms with Gasteiger partial charge in [0, 0.05) is 21.7 Å². The first-order valence-electron chi connectivity index (χ1n) is 7.12. The zero-order valence-corrected chi connectivity index (χ0v) is 13.8. The molecule has 3 N–H and O–H groups in total. The minimum Gasteiger partial charge on any atom is -0.364 e.